The predicted molar refractivity (Wildman–Crippen MR) is 65.3 cm³/mol. The van der Waals surface area contributed by atoms with Gasteiger partial charge in [-0.3, -0.25) is 0 Å². The molecule has 1 saturated carbocycles. The highest BCUT2D eigenvalue weighted by atomic mass is 32.2. The minimum Gasteiger partial charge on any atom is -0.310 e. The molecule has 0 radical (unpaired) electrons. The van der Waals surface area contributed by atoms with E-state index in [1.807, 2.05) is 11.8 Å². The van der Waals surface area contributed by atoms with Gasteiger partial charge >= 0.3 is 6.18 Å². The summed E-state index contributed by atoms with van der Waals surface area (Å²) < 4.78 is 37.5. The summed E-state index contributed by atoms with van der Waals surface area (Å²) in [7, 11) is 0. The highest BCUT2D eigenvalue weighted by molar-refractivity contribution is 8.00. The van der Waals surface area contributed by atoms with Gasteiger partial charge < -0.3 is 5.32 Å². The number of alkyl halides is 3. The average Bonchev–Trinajstić information content (AvgIpc) is 2.64. The predicted octanol–water partition coefficient (Wildman–Crippen LogP) is 3.59. The zero-order valence-electron chi connectivity index (χ0n) is 10.1. The van der Waals surface area contributed by atoms with Crippen LogP contribution in [0.2, 0.25) is 0 Å². The van der Waals surface area contributed by atoms with Gasteiger partial charge in [-0.1, -0.05) is 6.92 Å². The zero-order valence-corrected chi connectivity index (χ0v) is 10.9. The minimum atomic E-state index is -3.98. The van der Waals surface area contributed by atoms with Gasteiger partial charge in [0.1, 0.15) is 0 Å². The average molecular weight is 267 g/mol. The van der Waals surface area contributed by atoms with E-state index in [1.165, 1.54) is 5.75 Å². The van der Waals surface area contributed by atoms with Crippen molar-refractivity contribution in [2.24, 2.45) is 5.92 Å². The summed E-state index contributed by atoms with van der Waals surface area (Å²) >= 11 is 1.96. The van der Waals surface area contributed by atoms with Crippen LogP contribution in [0.15, 0.2) is 0 Å². The number of hydrogen-bond donors (Lipinski definition) is 1. The molecule has 1 saturated heterocycles. The Morgan fingerprint density at radius 3 is 2.18 bits per heavy atom. The van der Waals surface area contributed by atoms with Crippen LogP contribution in [0.3, 0.4) is 0 Å². The van der Waals surface area contributed by atoms with Crippen molar-refractivity contribution >= 4 is 11.8 Å². The monoisotopic (exact) mass is 267 g/mol. The molecule has 2 aliphatic rings. The van der Waals surface area contributed by atoms with Crippen molar-refractivity contribution in [2.75, 3.05) is 5.75 Å². The van der Waals surface area contributed by atoms with E-state index in [0.29, 0.717) is 43.0 Å². The highest BCUT2D eigenvalue weighted by Gasteiger charge is 2.41. The summed E-state index contributed by atoms with van der Waals surface area (Å²) in [6.07, 6.45) is -0.868. The first-order valence-electron chi connectivity index (χ1n) is 6.41. The summed E-state index contributed by atoms with van der Waals surface area (Å²) in [4.78, 5) is 0. The molecule has 2 unspecified atom stereocenters. The third-order valence-electron chi connectivity index (χ3n) is 4.02. The highest BCUT2D eigenvalue weighted by Crippen LogP contribution is 2.38. The fourth-order valence-electron chi connectivity index (χ4n) is 2.84. The van der Waals surface area contributed by atoms with Crippen LogP contribution >= 0.6 is 11.8 Å². The lowest BCUT2D eigenvalue weighted by molar-refractivity contribution is -0.182. The molecule has 0 amide bonds. The van der Waals surface area contributed by atoms with Gasteiger partial charge in [-0.05, 0) is 37.9 Å². The Labute approximate surface area is 105 Å². The molecule has 5 heteroatoms. The van der Waals surface area contributed by atoms with Gasteiger partial charge in [0, 0.05) is 17.3 Å². The Morgan fingerprint density at radius 2 is 1.71 bits per heavy atom. The fraction of sp³-hybridized carbons (Fsp3) is 1.00. The Bertz CT molecular complexity index is 249. The topological polar surface area (TPSA) is 12.0 Å². The Hall–Kier alpha value is 0.100. The molecule has 0 aromatic rings. The summed E-state index contributed by atoms with van der Waals surface area (Å²) in [5.41, 5.74) is 0. The molecule has 0 bridgehead atoms. The van der Waals surface area contributed by atoms with Gasteiger partial charge in [0.25, 0.3) is 0 Å². The summed E-state index contributed by atoms with van der Waals surface area (Å²) in [5, 5.41) is 4.16. The smallest absolute Gasteiger partial charge is 0.310 e. The maximum atomic E-state index is 12.5. The van der Waals surface area contributed by atoms with Crippen LogP contribution in [0.5, 0.6) is 0 Å². The lowest BCUT2D eigenvalue weighted by Gasteiger charge is -2.32. The van der Waals surface area contributed by atoms with Crippen molar-refractivity contribution in [3.05, 3.63) is 0 Å². The molecule has 0 spiro atoms. The van der Waals surface area contributed by atoms with Crippen LogP contribution in [0.4, 0.5) is 13.2 Å². The minimum absolute atomic E-state index is 0.301. The molecular weight excluding hydrogens is 247 g/mol. The van der Waals surface area contributed by atoms with Crippen LogP contribution in [-0.2, 0) is 0 Å². The largest absolute Gasteiger partial charge is 0.391 e. The van der Waals surface area contributed by atoms with Gasteiger partial charge in [-0.2, -0.15) is 24.9 Å². The van der Waals surface area contributed by atoms with Crippen molar-refractivity contribution in [1.29, 1.82) is 0 Å². The fourth-order valence-corrected chi connectivity index (χ4v) is 4.05. The molecule has 0 aromatic carbocycles. The second-order valence-electron chi connectivity index (χ2n) is 5.23. The van der Waals surface area contributed by atoms with E-state index >= 15 is 0 Å². The number of nitrogens with one attached hydrogen (secondary N) is 1. The Balaban J connectivity index is 1.76. The van der Waals surface area contributed by atoms with Gasteiger partial charge in [-0.25, -0.2) is 0 Å². The Morgan fingerprint density at radius 1 is 1.06 bits per heavy atom. The van der Waals surface area contributed by atoms with Gasteiger partial charge in [-0.15, -0.1) is 0 Å². The molecule has 1 nitrogen and oxygen atoms in total. The third kappa shape index (κ3) is 3.53. The van der Waals surface area contributed by atoms with Crippen molar-refractivity contribution < 1.29 is 13.2 Å². The van der Waals surface area contributed by atoms with Gasteiger partial charge in [0.2, 0.25) is 0 Å². The van der Waals surface area contributed by atoms with Crippen LogP contribution < -0.4 is 5.32 Å². The van der Waals surface area contributed by atoms with Crippen LogP contribution in [0.25, 0.3) is 0 Å². The second-order valence-corrected chi connectivity index (χ2v) is 6.71. The summed E-state index contributed by atoms with van der Waals surface area (Å²) in [6.45, 7) is 2.21. The SMILES string of the molecule is CC1SCCC1NC1CCC(C(F)(F)F)CC1. The van der Waals surface area contributed by atoms with Gasteiger partial charge in [0.15, 0.2) is 0 Å². The number of hydrogen-bond acceptors (Lipinski definition) is 2. The third-order valence-corrected chi connectivity index (χ3v) is 5.34. The molecule has 1 aliphatic heterocycles. The zero-order chi connectivity index (χ0) is 12.5. The summed E-state index contributed by atoms with van der Waals surface area (Å²) in [5.74, 6) is 0.118. The first kappa shape index (κ1) is 13.5. The molecule has 2 rings (SSSR count). The lowest BCUT2D eigenvalue weighted by Crippen LogP contribution is -2.44. The second kappa shape index (κ2) is 5.39. The van der Waals surface area contributed by atoms with E-state index in [0.717, 1.165) is 6.42 Å². The Kier molecular flexibility index (Phi) is 4.29. The number of halogens is 3. The van der Waals surface area contributed by atoms with E-state index in [2.05, 4.69) is 12.2 Å². The molecule has 2 fully saturated rings. The first-order valence-corrected chi connectivity index (χ1v) is 7.46. The van der Waals surface area contributed by atoms with Gasteiger partial charge in [0.05, 0.1) is 5.92 Å². The molecule has 1 heterocycles. The number of thioether (sulfide) groups is 1. The molecule has 100 valence electrons. The van der Waals surface area contributed by atoms with E-state index < -0.39 is 12.1 Å². The lowest BCUT2D eigenvalue weighted by atomic mass is 9.85. The van der Waals surface area contributed by atoms with Crippen molar-refractivity contribution in [1.82, 2.24) is 5.32 Å². The molecule has 0 aromatic heterocycles. The van der Waals surface area contributed by atoms with Crippen LogP contribution in [-0.4, -0.2) is 29.3 Å². The normalized spacial score (nSPS) is 39.5. The molecule has 2 atom stereocenters. The van der Waals surface area contributed by atoms with E-state index in [1.54, 1.807) is 0 Å². The van der Waals surface area contributed by atoms with Crippen molar-refractivity contribution in [3.63, 3.8) is 0 Å². The maximum Gasteiger partial charge on any atom is 0.391 e. The standard InChI is InChI=1S/C12H20F3NS/c1-8-11(6-7-17-8)16-10-4-2-9(3-5-10)12(13,14)15/h8-11,16H,2-7H2,1H3. The van der Waals surface area contributed by atoms with Crippen LogP contribution in [0, 0.1) is 5.92 Å². The van der Waals surface area contributed by atoms with Crippen molar-refractivity contribution in [2.45, 2.75) is 62.5 Å². The maximum absolute atomic E-state index is 12.5. The van der Waals surface area contributed by atoms with E-state index in [-0.39, 0.29) is 0 Å². The van der Waals surface area contributed by atoms with E-state index in [4.69, 9.17) is 0 Å². The quantitative estimate of drug-likeness (QED) is 0.820. The molecule has 1 N–H and O–H groups in total. The van der Waals surface area contributed by atoms with E-state index in [9.17, 15) is 13.2 Å². The number of rotatable bonds is 2. The van der Waals surface area contributed by atoms with Crippen LogP contribution in [0.1, 0.15) is 39.0 Å². The summed E-state index contributed by atoms with van der Waals surface area (Å²) in [6, 6.07) is 0.812. The first-order chi connectivity index (χ1) is 7.97. The molecular formula is C12H20F3NS. The molecule has 1 aliphatic carbocycles. The van der Waals surface area contributed by atoms with Crippen molar-refractivity contribution in [3.8, 4) is 0 Å². The molecule has 17 heavy (non-hydrogen) atoms.